The number of amides is 1. The molecule has 1 aliphatic rings. The largest absolute Gasteiger partial charge is 0.507 e. The summed E-state index contributed by atoms with van der Waals surface area (Å²) in [6.45, 7) is 9.26. The van der Waals surface area contributed by atoms with E-state index in [0.717, 1.165) is 24.2 Å². The molecule has 0 spiro atoms. The van der Waals surface area contributed by atoms with Crippen molar-refractivity contribution < 1.29 is 19.4 Å². The van der Waals surface area contributed by atoms with Gasteiger partial charge in [0.05, 0.1) is 11.6 Å². The Morgan fingerprint density at radius 3 is 2.46 bits per heavy atom. The molecule has 37 heavy (non-hydrogen) atoms. The number of Topliss-reactive ketones (excluding diaryl/α,β-unsaturated/α-hetero) is 1. The van der Waals surface area contributed by atoms with Gasteiger partial charge in [0, 0.05) is 31.0 Å². The summed E-state index contributed by atoms with van der Waals surface area (Å²) in [5, 5.41) is 11.3. The second-order valence-corrected chi connectivity index (χ2v) is 9.11. The van der Waals surface area contributed by atoms with Crippen molar-refractivity contribution in [1.82, 2.24) is 14.8 Å². The van der Waals surface area contributed by atoms with Crippen molar-refractivity contribution in [1.29, 1.82) is 0 Å². The SMILES string of the molecule is CCN(CC)CCN1C(=O)C(=O)C(=C(O)c2ccc(OCc3cccc(C)c3)cc2)[C@@H]1c1cccnc1. The molecule has 0 bridgehead atoms. The van der Waals surface area contributed by atoms with E-state index in [4.69, 9.17) is 4.74 Å². The van der Waals surface area contributed by atoms with E-state index in [9.17, 15) is 14.7 Å². The van der Waals surface area contributed by atoms with E-state index in [1.165, 1.54) is 0 Å². The molecule has 1 N–H and O–H groups in total. The Morgan fingerprint density at radius 1 is 1.05 bits per heavy atom. The number of aryl methyl sites for hydroxylation is 1. The van der Waals surface area contributed by atoms with Crippen molar-refractivity contribution >= 4 is 17.4 Å². The predicted molar refractivity (Wildman–Crippen MR) is 143 cm³/mol. The molecule has 7 nitrogen and oxygen atoms in total. The molecule has 0 unspecified atom stereocenters. The highest BCUT2D eigenvalue weighted by atomic mass is 16.5. The molecular formula is C30H33N3O4. The molecule has 1 saturated heterocycles. The van der Waals surface area contributed by atoms with E-state index in [1.54, 1.807) is 47.6 Å². The Morgan fingerprint density at radius 2 is 1.81 bits per heavy atom. The van der Waals surface area contributed by atoms with Gasteiger partial charge in [0.1, 0.15) is 18.1 Å². The van der Waals surface area contributed by atoms with Crippen LogP contribution >= 0.6 is 0 Å². The number of hydrogen-bond acceptors (Lipinski definition) is 6. The van der Waals surface area contributed by atoms with Crippen LogP contribution in [0.2, 0.25) is 0 Å². The predicted octanol–water partition coefficient (Wildman–Crippen LogP) is 4.73. The minimum atomic E-state index is -0.707. The molecular weight excluding hydrogens is 466 g/mol. The summed E-state index contributed by atoms with van der Waals surface area (Å²) in [5.74, 6) is -0.865. The maximum atomic E-state index is 13.2. The number of aliphatic hydroxyl groups excluding tert-OH is 1. The number of pyridine rings is 1. The van der Waals surface area contributed by atoms with Crippen LogP contribution in [0.15, 0.2) is 78.6 Å². The molecule has 1 fully saturated rings. The van der Waals surface area contributed by atoms with Gasteiger partial charge in [-0.3, -0.25) is 14.6 Å². The Kier molecular flexibility index (Phi) is 8.36. The molecule has 192 valence electrons. The van der Waals surface area contributed by atoms with Gasteiger partial charge < -0.3 is 19.6 Å². The zero-order valence-electron chi connectivity index (χ0n) is 21.6. The lowest BCUT2D eigenvalue weighted by Gasteiger charge is -2.28. The topological polar surface area (TPSA) is 83.0 Å². The van der Waals surface area contributed by atoms with Gasteiger partial charge >= 0.3 is 0 Å². The minimum Gasteiger partial charge on any atom is -0.507 e. The Balaban J connectivity index is 1.61. The summed E-state index contributed by atoms with van der Waals surface area (Å²) in [7, 11) is 0. The molecule has 1 amide bonds. The van der Waals surface area contributed by atoms with E-state index in [1.807, 2.05) is 31.2 Å². The summed E-state index contributed by atoms with van der Waals surface area (Å²) in [6.07, 6.45) is 3.28. The maximum Gasteiger partial charge on any atom is 0.295 e. The van der Waals surface area contributed by atoms with Gasteiger partial charge in [-0.15, -0.1) is 0 Å². The molecule has 2 aromatic carbocycles. The first kappa shape index (κ1) is 26.1. The molecule has 2 heterocycles. The number of aromatic nitrogens is 1. The second-order valence-electron chi connectivity index (χ2n) is 9.11. The fourth-order valence-corrected chi connectivity index (χ4v) is 4.62. The number of hydrogen-bond donors (Lipinski definition) is 1. The van der Waals surface area contributed by atoms with E-state index in [-0.39, 0.29) is 11.3 Å². The van der Waals surface area contributed by atoms with Crippen LogP contribution in [0.1, 0.15) is 42.1 Å². The fourth-order valence-electron chi connectivity index (χ4n) is 4.62. The number of aliphatic hydroxyl groups is 1. The number of likely N-dealkylation sites (N-methyl/N-ethyl adjacent to an activating group) is 1. The Hall–Kier alpha value is -3.97. The lowest BCUT2D eigenvalue weighted by Crippen LogP contribution is -2.38. The molecule has 4 rings (SSSR count). The summed E-state index contributed by atoms with van der Waals surface area (Å²) in [5.41, 5.74) is 3.43. The smallest absolute Gasteiger partial charge is 0.295 e. The van der Waals surface area contributed by atoms with E-state index in [2.05, 4.69) is 29.8 Å². The summed E-state index contributed by atoms with van der Waals surface area (Å²) in [4.78, 5) is 34.2. The number of carbonyl (C=O) groups is 2. The van der Waals surface area contributed by atoms with Crippen molar-refractivity contribution in [3.8, 4) is 5.75 Å². The average Bonchev–Trinajstić information content (AvgIpc) is 3.18. The van der Waals surface area contributed by atoms with Crippen LogP contribution in [0.5, 0.6) is 5.75 Å². The number of benzene rings is 2. The molecule has 7 heteroatoms. The van der Waals surface area contributed by atoms with Crippen LogP contribution in [-0.4, -0.2) is 57.8 Å². The van der Waals surface area contributed by atoms with Gasteiger partial charge in [-0.25, -0.2) is 0 Å². The lowest BCUT2D eigenvalue weighted by atomic mass is 9.96. The van der Waals surface area contributed by atoms with Crippen molar-refractivity contribution in [2.45, 2.75) is 33.4 Å². The van der Waals surface area contributed by atoms with Crippen LogP contribution in [0, 0.1) is 6.92 Å². The standard InChI is InChI=1S/C30H33N3O4/c1-4-32(5-2)16-17-33-27(24-10-7-15-31-19-24)26(29(35)30(33)36)28(34)23-11-13-25(14-12-23)37-20-22-9-6-8-21(3)18-22/h6-15,18-19,27,34H,4-5,16-17,20H2,1-3H3/t27-/m0/s1. The van der Waals surface area contributed by atoms with Crippen LogP contribution in [0.3, 0.4) is 0 Å². The average molecular weight is 500 g/mol. The molecule has 1 atom stereocenters. The Bertz CT molecular complexity index is 1270. The van der Waals surface area contributed by atoms with Gasteiger partial charge in [-0.05, 0) is 61.5 Å². The molecule has 3 aromatic rings. The van der Waals surface area contributed by atoms with Gasteiger partial charge in [0.25, 0.3) is 11.7 Å². The van der Waals surface area contributed by atoms with Crippen molar-refractivity contribution in [3.63, 3.8) is 0 Å². The van der Waals surface area contributed by atoms with Crippen LogP contribution in [-0.2, 0) is 16.2 Å². The highest BCUT2D eigenvalue weighted by Crippen LogP contribution is 2.39. The third kappa shape index (κ3) is 5.89. The van der Waals surface area contributed by atoms with Crippen molar-refractivity contribution in [3.05, 3.63) is 101 Å². The highest BCUT2D eigenvalue weighted by Gasteiger charge is 2.46. The highest BCUT2D eigenvalue weighted by molar-refractivity contribution is 6.46. The maximum absolute atomic E-state index is 13.2. The Labute approximate surface area is 218 Å². The van der Waals surface area contributed by atoms with Gasteiger partial charge in [-0.1, -0.05) is 49.7 Å². The molecule has 0 saturated carbocycles. The van der Waals surface area contributed by atoms with Crippen LogP contribution in [0.25, 0.3) is 5.76 Å². The van der Waals surface area contributed by atoms with Gasteiger partial charge in [0.15, 0.2) is 0 Å². The summed E-state index contributed by atoms with van der Waals surface area (Å²) >= 11 is 0. The van der Waals surface area contributed by atoms with Crippen molar-refractivity contribution in [2.24, 2.45) is 0 Å². The van der Waals surface area contributed by atoms with Gasteiger partial charge in [-0.2, -0.15) is 0 Å². The van der Waals surface area contributed by atoms with Crippen LogP contribution < -0.4 is 4.74 Å². The van der Waals surface area contributed by atoms with Crippen molar-refractivity contribution in [2.75, 3.05) is 26.2 Å². The normalized spacial score (nSPS) is 17.0. The molecule has 1 aliphatic heterocycles. The molecule has 0 aliphatic carbocycles. The summed E-state index contributed by atoms with van der Waals surface area (Å²) in [6, 6.07) is 17.9. The zero-order chi connectivity index (χ0) is 26.4. The third-order valence-electron chi connectivity index (χ3n) is 6.71. The number of nitrogens with zero attached hydrogens (tertiary/aromatic N) is 3. The zero-order valence-corrected chi connectivity index (χ0v) is 21.6. The van der Waals surface area contributed by atoms with E-state index < -0.39 is 17.7 Å². The number of ether oxygens (including phenoxy) is 1. The number of ketones is 1. The number of rotatable bonds is 10. The third-order valence-corrected chi connectivity index (χ3v) is 6.71. The first-order valence-corrected chi connectivity index (χ1v) is 12.6. The molecule has 1 aromatic heterocycles. The monoisotopic (exact) mass is 499 g/mol. The van der Waals surface area contributed by atoms with Crippen LogP contribution in [0.4, 0.5) is 0 Å². The quantitative estimate of drug-likeness (QED) is 0.247. The minimum absolute atomic E-state index is 0.0750. The van der Waals surface area contributed by atoms with E-state index >= 15 is 0 Å². The lowest BCUT2D eigenvalue weighted by molar-refractivity contribution is -0.140. The first-order valence-electron chi connectivity index (χ1n) is 12.6. The fraction of sp³-hybridized carbons (Fsp3) is 0.300. The first-order chi connectivity index (χ1) is 17.9. The molecule has 0 radical (unpaired) electrons. The van der Waals surface area contributed by atoms with Gasteiger partial charge in [0.2, 0.25) is 0 Å². The second kappa shape index (κ2) is 11.8. The number of carbonyl (C=O) groups excluding carboxylic acids is 2. The van der Waals surface area contributed by atoms with E-state index in [0.29, 0.717) is 36.6 Å². The number of likely N-dealkylation sites (tertiary alicyclic amines) is 1. The summed E-state index contributed by atoms with van der Waals surface area (Å²) < 4.78 is 5.89.